The van der Waals surface area contributed by atoms with Gasteiger partial charge in [0.2, 0.25) is 0 Å². The number of esters is 1. The van der Waals surface area contributed by atoms with Gasteiger partial charge in [0.1, 0.15) is 11.5 Å². The highest BCUT2D eigenvalue weighted by Crippen LogP contribution is 2.63. The van der Waals surface area contributed by atoms with Gasteiger partial charge in [-0.3, -0.25) is 9.59 Å². The van der Waals surface area contributed by atoms with Crippen molar-refractivity contribution in [3.63, 3.8) is 0 Å². The molecule has 5 rings (SSSR count). The molecule has 0 radical (unpaired) electrons. The topological polar surface area (TPSA) is 61.8 Å². The quantitative estimate of drug-likeness (QED) is 0.431. The van der Waals surface area contributed by atoms with Gasteiger partial charge in [-0.2, -0.15) is 0 Å². The molecule has 1 spiro atoms. The Hall–Kier alpha value is -1.46. The summed E-state index contributed by atoms with van der Waals surface area (Å²) >= 11 is 0. The van der Waals surface area contributed by atoms with Gasteiger partial charge in [0.05, 0.1) is 13.2 Å². The lowest BCUT2D eigenvalue weighted by atomic mass is 9.49. The van der Waals surface area contributed by atoms with E-state index in [2.05, 4.69) is 19.6 Å². The van der Waals surface area contributed by atoms with E-state index in [9.17, 15) is 9.59 Å². The van der Waals surface area contributed by atoms with Crippen molar-refractivity contribution in [2.45, 2.75) is 57.3 Å². The maximum Gasteiger partial charge on any atom is 0.320 e. The van der Waals surface area contributed by atoms with Crippen LogP contribution in [0.3, 0.4) is 0 Å². The Morgan fingerprint density at radius 1 is 1.27 bits per heavy atom. The molecule has 26 heavy (non-hydrogen) atoms. The summed E-state index contributed by atoms with van der Waals surface area (Å²) in [7, 11) is 0. The van der Waals surface area contributed by atoms with Crippen molar-refractivity contribution in [3.05, 3.63) is 24.3 Å². The second-order valence-electron chi connectivity index (χ2n) is 8.89. The molecule has 0 aromatic carbocycles. The van der Waals surface area contributed by atoms with Crippen molar-refractivity contribution in [1.82, 2.24) is 0 Å². The van der Waals surface area contributed by atoms with Crippen molar-refractivity contribution in [3.8, 4) is 0 Å². The Bertz CT molecular complexity index is 718. The van der Waals surface area contributed by atoms with Gasteiger partial charge in [-0.05, 0) is 24.7 Å². The summed E-state index contributed by atoms with van der Waals surface area (Å²) in [4.78, 5) is 26.0. The van der Waals surface area contributed by atoms with Gasteiger partial charge in [0.15, 0.2) is 11.6 Å². The zero-order valence-electron chi connectivity index (χ0n) is 15.3. The largest absolute Gasteiger partial charge is 0.461 e. The summed E-state index contributed by atoms with van der Waals surface area (Å²) in [6.45, 7) is 7.31. The zero-order valence-corrected chi connectivity index (χ0v) is 15.3. The van der Waals surface area contributed by atoms with Crippen LogP contribution in [0, 0.1) is 22.7 Å². The Morgan fingerprint density at radius 3 is 2.77 bits per heavy atom. The molecule has 2 aliphatic heterocycles. The minimum absolute atomic E-state index is 0.0677. The molecule has 2 saturated carbocycles. The van der Waals surface area contributed by atoms with Crippen LogP contribution in [0.25, 0.3) is 0 Å². The van der Waals surface area contributed by atoms with E-state index in [0.717, 1.165) is 19.3 Å². The molecule has 2 bridgehead atoms. The van der Waals surface area contributed by atoms with Crippen LogP contribution in [0.15, 0.2) is 24.3 Å². The van der Waals surface area contributed by atoms with Crippen LogP contribution < -0.4 is 0 Å². The summed E-state index contributed by atoms with van der Waals surface area (Å²) in [6, 6.07) is 0. The van der Waals surface area contributed by atoms with Gasteiger partial charge in [-0.1, -0.05) is 24.6 Å². The number of hydrogen-bond donors (Lipinski definition) is 0. The number of carbonyl (C=O) groups excluding carboxylic acids is 2. The predicted molar refractivity (Wildman–Crippen MR) is 93.0 cm³/mol. The molecule has 5 nitrogen and oxygen atoms in total. The minimum atomic E-state index is -0.983. The molecule has 0 aromatic rings. The van der Waals surface area contributed by atoms with Crippen LogP contribution in [0.4, 0.5) is 0 Å². The molecule has 0 N–H and O–H groups in total. The van der Waals surface area contributed by atoms with Crippen LogP contribution in [-0.4, -0.2) is 36.9 Å². The smallest absolute Gasteiger partial charge is 0.320 e. The molecule has 0 amide bonds. The molecule has 5 atom stereocenters. The van der Waals surface area contributed by atoms with Crippen molar-refractivity contribution < 1.29 is 23.8 Å². The molecule has 4 fully saturated rings. The fourth-order valence-corrected chi connectivity index (χ4v) is 6.41. The third kappa shape index (κ3) is 1.93. The lowest BCUT2D eigenvalue weighted by molar-refractivity contribution is -0.186. The first kappa shape index (κ1) is 16.7. The maximum absolute atomic E-state index is 13.4. The highest BCUT2D eigenvalue weighted by molar-refractivity contribution is 6.07. The van der Waals surface area contributed by atoms with Crippen LogP contribution >= 0.6 is 0 Å². The lowest BCUT2D eigenvalue weighted by Crippen LogP contribution is -2.56. The second-order valence-corrected chi connectivity index (χ2v) is 8.89. The van der Waals surface area contributed by atoms with Gasteiger partial charge in [0.25, 0.3) is 0 Å². The van der Waals surface area contributed by atoms with Gasteiger partial charge in [-0.15, -0.1) is 6.58 Å². The predicted octanol–water partition coefficient (Wildman–Crippen LogP) is 2.94. The summed E-state index contributed by atoms with van der Waals surface area (Å²) in [6.07, 6.45) is 7.83. The van der Waals surface area contributed by atoms with Gasteiger partial charge < -0.3 is 14.2 Å². The van der Waals surface area contributed by atoms with Crippen molar-refractivity contribution >= 4 is 11.8 Å². The van der Waals surface area contributed by atoms with Crippen LogP contribution in [0.1, 0.15) is 45.4 Å². The van der Waals surface area contributed by atoms with Crippen LogP contribution in [0.5, 0.6) is 0 Å². The van der Waals surface area contributed by atoms with Gasteiger partial charge in [-0.25, -0.2) is 0 Å². The number of allylic oxidation sites excluding steroid dienone is 2. The minimum Gasteiger partial charge on any atom is -0.461 e. The molecule has 0 unspecified atom stereocenters. The van der Waals surface area contributed by atoms with E-state index in [1.54, 1.807) is 6.08 Å². The standard InChI is InChI=1S/C21H26O5/c1-3-6-20-12-15(26-18(20)23)16-14(17(20)22)5-4-13-11-21(24-9-10-25-21)8-7-19(13,16)2/h3-4,14-16H,1,5-12H2,2H3/t14-,15-,16+,19-,20-/m0/s1. The third-order valence-corrected chi connectivity index (χ3v) is 7.72. The van der Waals surface area contributed by atoms with Gasteiger partial charge >= 0.3 is 5.97 Å². The molecule has 140 valence electrons. The van der Waals surface area contributed by atoms with E-state index in [0.29, 0.717) is 32.5 Å². The first-order valence-electron chi connectivity index (χ1n) is 9.78. The van der Waals surface area contributed by atoms with Crippen molar-refractivity contribution in [1.29, 1.82) is 0 Å². The number of ether oxygens (including phenoxy) is 3. The molecular weight excluding hydrogens is 332 g/mol. The number of carbonyl (C=O) groups is 2. The van der Waals surface area contributed by atoms with Crippen molar-refractivity contribution in [2.24, 2.45) is 22.7 Å². The first-order valence-corrected chi connectivity index (χ1v) is 9.78. The molecule has 3 aliphatic carbocycles. The summed E-state index contributed by atoms with van der Waals surface area (Å²) in [5, 5.41) is 0. The second kappa shape index (κ2) is 5.29. The Balaban J connectivity index is 1.52. The fraction of sp³-hybridized carbons (Fsp3) is 0.714. The molecule has 5 aliphatic rings. The van der Waals surface area contributed by atoms with Gasteiger partial charge in [0, 0.05) is 31.1 Å². The summed E-state index contributed by atoms with van der Waals surface area (Å²) in [5.74, 6) is -0.796. The van der Waals surface area contributed by atoms with E-state index in [-0.39, 0.29) is 35.1 Å². The van der Waals surface area contributed by atoms with E-state index >= 15 is 0 Å². The maximum atomic E-state index is 13.4. The zero-order chi connectivity index (χ0) is 18.2. The molecule has 2 heterocycles. The SMILES string of the molecule is C=CC[C@@]12C[C@H](OC1=O)[C@H]1[C@H](CC=C3CC4(CC[C@@]31C)OCCO4)C2=O. The number of Topliss-reactive ketones (excluding diaryl/α,β-unsaturated/α-hetero) is 1. The Labute approximate surface area is 153 Å². The highest BCUT2D eigenvalue weighted by atomic mass is 16.7. The fourth-order valence-electron chi connectivity index (χ4n) is 6.41. The monoisotopic (exact) mass is 358 g/mol. The summed E-state index contributed by atoms with van der Waals surface area (Å²) in [5.41, 5.74) is 0.205. The number of fused-ring (bicyclic) bond motifs is 6. The van der Waals surface area contributed by atoms with E-state index < -0.39 is 11.2 Å². The first-order chi connectivity index (χ1) is 12.4. The van der Waals surface area contributed by atoms with Crippen LogP contribution in [0.2, 0.25) is 0 Å². The lowest BCUT2D eigenvalue weighted by Gasteiger charge is -2.54. The average molecular weight is 358 g/mol. The van der Waals surface area contributed by atoms with Crippen LogP contribution in [-0.2, 0) is 23.8 Å². The Morgan fingerprint density at radius 2 is 2.04 bits per heavy atom. The normalized spacial score (nSPS) is 45.7. The Kier molecular flexibility index (Phi) is 3.40. The van der Waals surface area contributed by atoms with Crippen molar-refractivity contribution in [2.75, 3.05) is 13.2 Å². The number of ketones is 1. The van der Waals surface area contributed by atoms with E-state index in [1.807, 2.05) is 0 Å². The van der Waals surface area contributed by atoms with E-state index in [4.69, 9.17) is 14.2 Å². The molecular formula is C21H26O5. The summed E-state index contributed by atoms with van der Waals surface area (Å²) < 4.78 is 17.7. The molecule has 5 heteroatoms. The molecule has 2 saturated heterocycles. The number of hydrogen-bond acceptors (Lipinski definition) is 5. The molecule has 0 aromatic heterocycles. The highest BCUT2D eigenvalue weighted by Gasteiger charge is 2.68. The number of rotatable bonds is 2. The van der Waals surface area contributed by atoms with E-state index in [1.165, 1.54) is 5.57 Å². The average Bonchev–Trinajstić information content (AvgIpc) is 3.18. The third-order valence-electron chi connectivity index (χ3n) is 7.72.